The van der Waals surface area contributed by atoms with E-state index in [0.717, 1.165) is 24.5 Å². The van der Waals surface area contributed by atoms with Gasteiger partial charge in [-0.1, -0.05) is 54.6 Å². The Morgan fingerprint density at radius 2 is 1.67 bits per heavy atom. The lowest BCUT2D eigenvalue weighted by Crippen LogP contribution is -3.06. The molecule has 1 aromatic heterocycles. The SMILES string of the molecule is Cc1nn([C@H]2CCS(=O)(=O)C2)c(C)c1C[NH+](C)Cc1ccc(-c2ccccc2)cc1. The van der Waals surface area contributed by atoms with Gasteiger partial charge in [0, 0.05) is 11.3 Å². The van der Waals surface area contributed by atoms with Gasteiger partial charge >= 0.3 is 0 Å². The number of aryl methyl sites for hydroxylation is 1. The first kappa shape index (κ1) is 20.8. The Labute approximate surface area is 179 Å². The highest BCUT2D eigenvalue weighted by atomic mass is 32.2. The molecule has 1 aliphatic heterocycles. The predicted octanol–water partition coefficient (Wildman–Crippen LogP) is 2.74. The van der Waals surface area contributed by atoms with Crippen LogP contribution in [0.2, 0.25) is 0 Å². The Kier molecular flexibility index (Phi) is 5.80. The van der Waals surface area contributed by atoms with Gasteiger partial charge in [0.05, 0.1) is 35.9 Å². The van der Waals surface area contributed by atoms with Crippen molar-refractivity contribution in [2.45, 2.75) is 39.4 Å². The predicted molar refractivity (Wildman–Crippen MR) is 120 cm³/mol. The van der Waals surface area contributed by atoms with Crippen LogP contribution in [0.25, 0.3) is 11.1 Å². The van der Waals surface area contributed by atoms with E-state index in [4.69, 9.17) is 5.10 Å². The summed E-state index contributed by atoms with van der Waals surface area (Å²) in [7, 11) is -0.722. The zero-order valence-corrected chi connectivity index (χ0v) is 18.7. The lowest BCUT2D eigenvalue weighted by Gasteiger charge is -2.16. The van der Waals surface area contributed by atoms with E-state index in [9.17, 15) is 8.42 Å². The fraction of sp³-hybridized carbons (Fsp3) is 0.375. The third-order valence-corrected chi connectivity index (χ3v) is 7.82. The van der Waals surface area contributed by atoms with Crippen molar-refractivity contribution in [2.24, 2.45) is 0 Å². The highest BCUT2D eigenvalue weighted by Gasteiger charge is 2.31. The van der Waals surface area contributed by atoms with Crippen LogP contribution in [0.3, 0.4) is 0 Å². The topological polar surface area (TPSA) is 56.4 Å². The summed E-state index contributed by atoms with van der Waals surface area (Å²) in [6.45, 7) is 5.90. The molecule has 1 unspecified atom stereocenters. The summed E-state index contributed by atoms with van der Waals surface area (Å²) in [5.74, 6) is 0.486. The zero-order chi connectivity index (χ0) is 21.3. The van der Waals surface area contributed by atoms with Crippen molar-refractivity contribution in [3.63, 3.8) is 0 Å². The van der Waals surface area contributed by atoms with Gasteiger partial charge in [-0.15, -0.1) is 0 Å². The number of benzene rings is 2. The molecule has 4 rings (SSSR count). The Morgan fingerprint density at radius 3 is 2.30 bits per heavy atom. The van der Waals surface area contributed by atoms with Crippen molar-refractivity contribution in [3.05, 3.63) is 77.1 Å². The van der Waals surface area contributed by atoms with Crippen molar-refractivity contribution in [1.82, 2.24) is 9.78 Å². The minimum absolute atomic E-state index is 0.0201. The molecule has 0 spiro atoms. The minimum atomic E-state index is -2.92. The van der Waals surface area contributed by atoms with E-state index in [2.05, 4.69) is 62.5 Å². The monoisotopic (exact) mass is 424 g/mol. The van der Waals surface area contributed by atoms with Crippen LogP contribution in [0.15, 0.2) is 54.6 Å². The fourth-order valence-electron chi connectivity index (χ4n) is 4.44. The van der Waals surface area contributed by atoms with Gasteiger partial charge in [-0.05, 0) is 31.4 Å². The van der Waals surface area contributed by atoms with Crippen molar-refractivity contribution in [3.8, 4) is 11.1 Å². The van der Waals surface area contributed by atoms with Crippen LogP contribution >= 0.6 is 0 Å². The molecule has 158 valence electrons. The molecule has 0 bridgehead atoms. The second kappa shape index (κ2) is 8.36. The first-order valence-corrected chi connectivity index (χ1v) is 12.4. The van der Waals surface area contributed by atoms with Crippen LogP contribution < -0.4 is 4.90 Å². The third kappa shape index (κ3) is 4.50. The van der Waals surface area contributed by atoms with E-state index in [1.165, 1.54) is 27.2 Å². The third-order valence-electron chi connectivity index (χ3n) is 6.07. The molecule has 0 radical (unpaired) electrons. The van der Waals surface area contributed by atoms with Crippen LogP contribution in [-0.2, 0) is 22.9 Å². The zero-order valence-electron chi connectivity index (χ0n) is 17.9. The maximum absolute atomic E-state index is 11.9. The first-order chi connectivity index (χ1) is 14.3. The van der Waals surface area contributed by atoms with Crippen molar-refractivity contribution in [1.29, 1.82) is 0 Å². The van der Waals surface area contributed by atoms with E-state index < -0.39 is 9.84 Å². The van der Waals surface area contributed by atoms with Gasteiger partial charge in [0.1, 0.15) is 13.1 Å². The molecular formula is C24H30N3O2S+. The molecule has 30 heavy (non-hydrogen) atoms. The van der Waals surface area contributed by atoms with E-state index in [0.29, 0.717) is 6.42 Å². The lowest BCUT2D eigenvalue weighted by atomic mass is 10.0. The maximum Gasteiger partial charge on any atom is 0.152 e. The number of sulfone groups is 1. The van der Waals surface area contributed by atoms with Gasteiger partial charge in [0.25, 0.3) is 0 Å². The molecule has 1 fully saturated rings. The molecule has 1 aliphatic rings. The van der Waals surface area contributed by atoms with Gasteiger partial charge in [-0.25, -0.2) is 8.42 Å². The number of nitrogens with zero attached hydrogens (tertiary/aromatic N) is 2. The summed E-state index contributed by atoms with van der Waals surface area (Å²) < 4.78 is 25.7. The summed E-state index contributed by atoms with van der Waals surface area (Å²) in [6, 6.07) is 19.2. The Balaban J connectivity index is 1.44. The maximum atomic E-state index is 11.9. The van der Waals surface area contributed by atoms with Crippen molar-refractivity contribution >= 4 is 9.84 Å². The van der Waals surface area contributed by atoms with Gasteiger partial charge < -0.3 is 4.90 Å². The van der Waals surface area contributed by atoms with Gasteiger partial charge in [-0.2, -0.15) is 5.10 Å². The number of quaternary nitrogens is 1. The summed E-state index contributed by atoms with van der Waals surface area (Å²) in [5, 5.41) is 4.70. The Bertz CT molecular complexity index is 1120. The summed E-state index contributed by atoms with van der Waals surface area (Å²) in [4.78, 5) is 1.38. The highest BCUT2D eigenvalue weighted by Crippen LogP contribution is 2.26. The van der Waals surface area contributed by atoms with Crippen LogP contribution in [-0.4, -0.2) is 36.8 Å². The summed E-state index contributed by atoms with van der Waals surface area (Å²) in [6.07, 6.45) is 0.667. The van der Waals surface area contributed by atoms with Gasteiger partial charge in [0.2, 0.25) is 0 Å². The normalized spacial score (nSPS) is 19.1. The average Bonchev–Trinajstić information content (AvgIpc) is 3.22. The largest absolute Gasteiger partial charge is 0.330 e. The standard InChI is InChI=1S/C24H29N3O2S/c1-18-24(19(2)27(25-18)23-13-14-30(28,29)17-23)16-26(3)15-20-9-11-22(12-10-20)21-7-5-4-6-8-21/h4-12,23H,13-17H2,1-3H3/p+1/t23-/m0/s1. The van der Waals surface area contributed by atoms with E-state index in [-0.39, 0.29) is 17.5 Å². The molecular weight excluding hydrogens is 394 g/mol. The number of hydrogen-bond donors (Lipinski definition) is 1. The molecule has 0 saturated carbocycles. The van der Waals surface area contributed by atoms with E-state index in [1.807, 2.05) is 17.7 Å². The second-order valence-corrected chi connectivity index (χ2v) is 10.8. The quantitative estimate of drug-likeness (QED) is 0.662. The molecule has 0 amide bonds. The van der Waals surface area contributed by atoms with Crippen LogP contribution in [0.1, 0.15) is 35.0 Å². The molecule has 2 aromatic carbocycles. The number of hydrogen-bond acceptors (Lipinski definition) is 3. The Hall–Kier alpha value is -2.44. The second-order valence-electron chi connectivity index (χ2n) is 8.52. The van der Waals surface area contributed by atoms with E-state index in [1.54, 1.807) is 0 Å². The molecule has 1 N–H and O–H groups in total. The summed E-state index contributed by atoms with van der Waals surface area (Å²) in [5.41, 5.74) is 7.12. The molecule has 6 heteroatoms. The smallest absolute Gasteiger partial charge is 0.152 e. The first-order valence-electron chi connectivity index (χ1n) is 10.5. The van der Waals surface area contributed by atoms with E-state index >= 15 is 0 Å². The average molecular weight is 425 g/mol. The molecule has 0 aliphatic carbocycles. The molecule has 2 heterocycles. The highest BCUT2D eigenvalue weighted by molar-refractivity contribution is 7.91. The molecule has 5 nitrogen and oxygen atoms in total. The number of aromatic nitrogens is 2. The fourth-order valence-corrected chi connectivity index (χ4v) is 6.13. The molecule has 2 atom stereocenters. The summed E-state index contributed by atoms with van der Waals surface area (Å²) >= 11 is 0. The van der Waals surface area contributed by atoms with Crippen molar-refractivity contribution < 1.29 is 13.3 Å². The van der Waals surface area contributed by atoms with Gasteiger partial charge in [-0.3, -0.25) is 4.68 Å². The van der Waals surface area contributed by atoms with Gasteiger partial charge in [0.15, 0.2) is 9.84 Å². The Morgan fingerprint density at radius 1 is 1.00 bits per heavy atom. The van der Waals surface area contributed by atoms with Crippen LogP contribution in [0.4, 0.5) is 0 Å². The minimum Gasteiger partial charge on any atom is -0.330 e. The van der Waals surface area contributed by atoms with Crippen LogP contribution in [0.5, 0.6) is 0 Å². The van der Waals surface area contributed by atoms with Crippen LogP contribution in [0, 0.1) is 13.8 Å². The molecule has 1 saturated heterocycles. The van der Waals surface area contributed by atoms with Crippen molar-refractivity contribution in [2.75, 3.05) is 18.6 Å². The lowest BCUT2D eigenvalue weighted by molar-refractivity contribution is -0.907. The molecule has 3 aromatic rings. The number of rotatable bonds is 6. The number of nitrogens with one attached hydrogen (secondary N) is 1.